The van der Waals surface area contributed by atoms with Crippen LogP contribution in [-0.2, 0) is 6.42 Å². The summed E-state index contributed by atoms with van der Waals surface area (Å²) in [6, 6.07) is 27.3. The first-order valence-electron chi connectivity index (χ1n) is 9.02. The van der Waals surface area contributed by atoms with Crippen LogP contribution in [0.5, 0.6) is 0 Å². The summed E-state index contributed by atoms with van der Waals surface area (Å²) in [5.74, 6) is 0. The van der Waals surface area contributed by atoms with Crippen LogP contribution < -0.4 is 5.32 Å². The Morgan fingerprint density at radius 2 is 1.38 bits per heavy atom. The second-order valence-electron chi connectivity index (χ2n) is 6.52. The standard InChI is InChI=1S/C25H25N/c1-20-11-9-12-21(2)25(20)26-24(19-23-15-7-4-8-16-23)18-10-17-22-13-5-3-6-14-22/h3-18,26H,19H2,1-2H3/b17-10+,24-18-. The summed E-state index contributed by atoms with van der Waals surface area (Å²) in [6.45, 7) is 4.30. The van der Waals surface area contributed by atoms with Gasteiger partial charge in [0.1, 0.15) is 0 Å². The van der Waals surface area contributed by atoms with Crippen molar-refractivity contribution in [3.63, 3.8) is 0 Å². The van der Waals surface area contributed by atoms with Crippen LogP contribution in [0.2, 0.25) is 0 Å². The molecule has 0 saturated carbocycles. The van der Waals surface area contributed by atoms with Gasteiger partial charge in [-0.05, 0) is 42.2 Å². The van der Waals surface area contributed by atoms with E-state index in [1.54, 1.807) is 0 Å². The first-order chi connectivity index (χ1) is 12.7. The van der Waals surface area contributed by atoms with Gasteiger partial charge in [-0.3, -0.25) is 0 Å². The molecular formula is C25H25N. The van der Waals surface area contributed by atoms with Gasteiger partial charge < -0.3 is 5.32 Å². The summed E-state index contributed by atoms with van der Waals surface area (Å²) in [7, 11) is 0. The number of para-hydroxylation sites is 1. The Kier molecular flexibility index (Phi) is 6.05. The summed E-state index contributed by atoms with van der Waals surface area (Å²) in [6.07, 6.45) is 7.30. The molecule has 0 fully saturated rings. The lowest BCUT2D eigenvalue weighted by atomic mass is 10.1. The molecule has 0 atom stereocenters. The summed E-state index contributed by atoms with van der Waals surface area (Å²) < 4.78 is 0. The van der Waals surface area contributed by atoms with E-state index in [4.69, 9.17) is 0 Å². The lowest BCUT2D eigenvalue weighted by molar-refractivity contribution is 1.14. The monoisotopic (exact) mass is 339 g/mol. The summed E-state index contributed by atoms with van der Waals surface area (Å²) in [5.41, 5.74) is 7.40. The molecule has 0 saturated heterocycles. The fourth-order valence-corrected chi connectivity index (χ4v) is 2.97. The number of hydrogen-bond acceptors (Lipinski definition) is 1. The second-order valence-corrected chi connectivity index (χ2v) is 6.52. The minimum Gasteiger partial charge on any atom is -0.358 e. The summed E-state index contributed by atoms with van der Waals surface area (Å²) >= 11 is 0. The Balaban J connectivity index is 1.86. The molecule has 0 unspecified atom stereocenters. The molecule has 1 nitrogen and oxygen atoms in total. The van der Waals surface area contributed by atoms with Crippen molar-refractivity contribution in [3.05, 3.63) is 119 Å². The second kappa shape index (κ2) is 8.87. The van der Waals surface area contributed by atoms with Crippen LogP contribution in [0.15, 0.2) is 96.7 Å². The summed E-state index contributed by atoms with van der Waals surface area (Å²) in [4.78, 5) is 0. The maximum atomic E-state index is 3.66. The molecule has 0 bridgehead atoms. The van der Waals surface area contributed by atoms with Gasteiger partial charge in [-0.25, -0.2) is 0 Å². The molecule has 130 valence electrons. The minimum atomic E-state index is 0.869. The molecule has 3 aromatic rings. The van der Waals surface area contributed by atoms with E-state index in [0.717, 1.165) is 6.42 Å². The largest absolute Gasteiger partial charge is 0.358 e. The van der Waals surface area contributed by atoms with Crippen LogP contribution in [0, 0.1) is 13.8 Å². The van der Waals surface area contributed by atoms with Gasteiger partial charge in [0.15, 0.2) is 0 Å². The molecule has 1 N–H and O–H groups in total. The number of rotatable bonds is 6. The zero-order chi connectivity index (χ0) is 18.2. The average molecular weight is 339 g/mol. The predicted molar refractivity (Wildman–Crippen MR) is 113 cm³/mol. The Hall–Kier alpha value is -3.06. The molecule has 3 aromatic carbocycles. The molecule has 0 aliphatic carbocycles. The van der Waals surface area contributed by atoms with E-state index in [2.05, 4.69) is 110 Å². The molecule has 0 aliphatic heterocycles. The lowest BCUT2D eigenvalue weighted by Gasteiger charge is -2.15. The predicted octanol–water partition coefficient (Wildman–Crippen LogP) is 6.56. The van der Waals surface area contributed by atoms with E-state index in [-0.39, 0.29) is 0 Å². The van der Waals surface area contributed by atoms with Crippen LogP contribution in [0.1, 0.15) is 22.3 Å². The zero-order valence-corrected chi connectivity index (χ0v) is 15.4. The van der Waals surface area contributed by atoms with Crippen molar-refractivity contribution < 1.29 is 0 Å². The van der Waals surface area contributed by atoms with Crippen molar-refractivity contribution in [2.75, 3.05) is 5.32 Å². The quantitative estimate of drug-likeness (QED) is 0.502. The van der Waals surface area contributed by atoms with E-state index >= 15 is 0 Å². The first-order valence-corrected chi connectivity index (χ1v) is 9.02. The molecule has 3 rings (SSSR count). The van der Waals surface area contributed by atoms with Gasteiger partial charge in [-0.1, -0.05) is 91.0 Å². The molecule has 0 spiro atoms. The third-order valence-electron chi connectivity index (χ3n) is 4.39. The Morgan fingerprint density at radius 3 is 2.04 bits per heavy atom. The minimum absolute atomic E-state index is 0.869. The van der Waals surface area contributed by atoms with Crippen molar-refractivity contribution in [1.82, 2.24) is 0 Å². The highest BCUT2D eigenvalue weighted by molar-refractivity contribution is 5.61. The number of nitrogens with one attached hydrogen (secondary N) is 1. The van der Waals surface area contributed by atoms with Crippen LogP contribution in [0.3, 0.4) is 0 Å². The normalized spacial score (nSPS) is 11.7. The van der Waals surface area contributed by atoms with Crippen molar-refractivity contribution in [3.8, 4) is 0 Å². The number of benzene rings is 3. The van der Waals surface area contributed by atoms with Gasteiger partial charge >= 0.3 is 0 Å². The molecule has 0 aromatic heterocycles. The van der Waals surface area contributed by atoms with Gasteiger partial charge in [0.05, 0.1) is 0 Å². The fraction of sp³-hybridized carbons (Fsp3) is 0.120. The topological polar surface area (TPSA) is 12.0 Å². The van der Waals surface area contributed by atoms with E-state index < -0.39 is 0 Å². The molecule has 0 amide bonds. The Labute approximate surface area is 156 Å². The SMILES string of the molecule is Cc1cccc(C)c1N/C(=C\C=C\c1ccccc1)Cc1ccccc1. The Bertz CT molecular complexity index is 870. The maximum Gasteiger partial charge on any atom is 0.0441 e. The van der Waals surface area contributed by atoms with Crippen LogP contribution >= 0.6 is 0 Å². The smallest absolute Gasteiger partial charge is 0.0441 e. The lowest BCUT2D eigenvalue weighted by Crippen LogP contribution is -2.05. The molecule has 0 heterocycles. The maximum absolute atomic E-state index is 3.66. The highest BCUT2D eigenvalue weighted by Gasteiger charge is 2.05. The highest BCUT2D eigenvalue weighted by atomic mass is 14.9. The number of hydrogen-bond donors (Lipinski definition) is 1. The van der Waals surface area contributed by atoms with Gasteiger partial charge in [0.2, 0.25) is 0 Å². The molecule has 0 aliphatic rings. The fourth-order valence-electron chi connectivity index (χ4n) is 2.97. The zero-order valence-electron chi connectivity index (χ0n) is 15.4. The van der Waals surface area contributed by atoms with Crippen molar-refractivity contribution in [1.29, 1.82) is 0 Å². The number of allylic oxidation sites excluding steroid dienone is 3. The van der Waals surface area contributed by atoms with Gasteiger partial charge in [-0.2, -0.15) is 0 Å². The van der Waals surface area contributed by atoms with Gasteiger partial charge in [-0.15, -0.1) is 0 Å². The van der Waals surface area contributed by atoms with Crippen molar-refractivity contribution >= 4 is 11.8 Å². The number of anilines is 1. The highest BCUT2D eigenvalue weighted by Crippen LogP contribution is 2.22. The van der Waals surface area contributed by atoms with E-state index in [0.29, 0.717) is 0 Å². The molecular weight excluding hydrogens is 314 g/mol. The Morgan fingerprint density at radius 1 is 0.769 bits per heavy atom. The molecule has 26 heavy (non-hydrogen) atoms. The van der Waals surface area contributed by atoms with E-state index in [1.165, 1.54) is 33.6 Å². The molecule has 1 heteroatoms. The third kappa shape index (κ3) is 4.97. The average Bonchev–Trinajstić information content (AvgIpc) is 2.66. The van der Waals surface area contributed by atoms with Gasteiger partial charge in [0, 0.05) is 17.8 Å². The van der Waals surface area contributed by atoms with Crippen molar-refractivity contribution in [2.45, 2.75) is 20.3 Å². The van der Waals surface area contributed by atoms with E-state index in [9.17, 15) is 0 Å². The summed E-state index contributed by atoms with van der Waals surface area (Å²) in [5, 5.41) is 3.66. The van der Waals surface area contributed by atoms with Crippen LogP contribution in [-0.4, -0.2) is 0 Å². The van der Waals surface area contributed by atoms with Crippen LogP contribution in [0.4, 0.5) is 5.69 Å². The van der Waals surface area contributed by atoms with Crippen LogP contribution in [0.25, 0.3) is 6.08 Å². The number of aryl methyl sites for hydroxylation is 2. The third-order valence-corrected chi connectivity index (χ3v) is 4.39. The van der Waals surface area contributed by atoms with Crippen molar-refractivity contribution in [2.24, 2.45) is 0 Å². The first kappa shape index (κ1) is 17.8. The van der Waals surface area contributed by atoms with E-state index in [1.807, 2.05) is 6.07 Å². The molecule has 0 radical (unpaired) electrons. The van der Waals surface area contributed by atoms with Gasteiger partial charge in [0.25, 0.3) is 0 Å².